The van der Waals surface area contributed by atoms with E-state index < -0.39 is 5.97 Å². The van der Waals surface area contributed by atoms with Crippen LogP contribution in [-0.2, 0) is 4.79 Å². The van der Waals surface area contributed by atoms with Crippen molar-refractivity contribution in [3.05, 3.63) is 64.2 Å². The maximum Gasteiger partial charge on any atom is 0.308 e. The Morgan fingerprint density at radius 1 is 1.13 bits per heavy atom. The maximum atomic E-state index is 12.9. The van der Waals surface area contributed by atoms with E-state index in [1.165, 1.54) is 6.92 Å². The Bertz CT molecular complexity index is 974. The third-order valence-electron chi connectivity index (χ3n) is 3.63. The van der Waals surface area contributed by atoms with Crippen LogP contribution in [0.2, 0.25) is 0 Å². The quantitative estimate of drug-likeness (QED) is 0.539. The van der Waals surface area contributed by atoms with Crippen molar-refractivity contribution in [2.45, 2.75) is 20.8 Å². The smallest absolute Gasteiger partial charge is 0.308 e. The van der Waals surface area contributed by atoms with E-state index in [0.717, 1.165) is 11.3 Å². The summed E-state index contributed by atoms with van der Waals surface area (Å²) in [6, 6.07) is 12.5. The van der Waals surface area contributed by atoms with Gasteiger partial charge in [-0.1, -0.05) is 18.2 Å². The number of nitrogens with zero attached hydrogens (tertiary/aromatic N) is 2. The van der Waals surface area contributed by atoms with Gasteiger partial charge in [0.1, 0.15) is 11.6 Å². The lowest BCUT2D eigenvalue weighted by molar-refractivity contribution is -0.131. The van der Waals surface area contributed by atoms with Crippen LogP contribution >= 0.6 is 0 Å². The molecule has 23 heavy (non-hydrogen) atoms. The van der Waals surface area contributed by atoms with E-state index >= 15 is 0 Å². The molecule has 0 aliphatic heterocycles. The molecule has 5 nitrogen and oxygen atoms in total. The third-order valence-corrected chi connectivity index (χ3v) is 3.63. The molecule has 3 rings (SSSR count). The van der Waals surface area contributed by atoms with Crippen LogP contribution in [0.25, 0.3) is 16.6 Å². The second-order valence-electron chi connectivity index (χ2n) is 5.36. The predicted molar refractivity (Wildman–Crippen MR) is 88.1 cm³/mol. The molecule has 2 aromatic carbocycles. The summed E-state index contributed by atoms with van der Waals surface area (Å²) in [6.45, 7) is 5.07. The molecule has 1 heterocycles. The van der Waals surface area contributed by atoms with E-state index in [2.05, 4.69) is 4.98 Å². The summed E-state index contributed by atoms with van der Waals surface area (Å²) in [5.41, 5.74) is 2.17. The molecule has 0 N–H and O–H groups in total. The zero-order valence-electron chi connectivity index (χ0n) is 13.2. The second kappa shape index (κ2) is 5.68. The molecule has 0 fully saturated rings. The molecule has 116 valence electrons. The molecule has 0 spiro atoms. The monoisotopic (exact) mass is 308 g/mol. The van der Waals surface area contributed by atoms with Gasteiger partial charge < -0.3 is 4.74 Å². The van der Waals surface area contributed by atoms with Gasteiger partial charge in [0.05, 0.1) is 16.6 Å². The van der Waals surface area contributed by atoms with Gasteiger partial charge in [0.15, 0.2) is 0 Å². The molecule has 0 radical (unpaired) electrons. The zero-order chi connectivity index (χ0) is 16.6. The number of aryl methyl sites for hydroxylation is 2. The van der Waals surface area contributed by atoms with E-state index in [4.69, 9.17) is 4.74 Å². The average molecular weight is 308 g/mol. The van der Waals surface area contributed by atoms with Gasteiger partial charge in [0.25, 0.3) is 5.56 Å². The minimum Gasteiger partial charge on any atom is -0.427 e. The lowest BCUT2D eigenvalue weighted by Gasteiger charge is -2.13. The van der Waals surface area contributed by atoms with Gasteiger partial charge in [-0.25, -0.2) is 4.98 Å². The van der Waals surface area contributed by atoms with E-state index in [1.54, 1.807) is 29.7 Å². The number of carbonyl (C=O) groups is 1. The minimum atomic E-state index is -0.427. The first-order valence-corrected chi connectivity index (χ1v) is 7.25. The SMILES string of the molecule is CC(=O)Oc1ccc2nc(C)n(-c3ccccc3C)c(=O)c2c1. The van der Waals surface area contributed by atoms with E-state index in [1.807, 2.05) is 31.2 Å². The fourth-order valence-corrected chi connectivity index (χ4v) is 2.60. The van der Waals surface area contributed by atoms with E-state index in [-0.39, 0.29) is 5.56 Å². The standard InChI is InChI=1S/C18H16N2O3/c1-11-6-4-5-7-17(11)20-12(2)19-16-9-8-14(23-13(3)21)10-15(16)18(20)22/h4-10H,1-3H3. The number of ether oxygens (including phenoxy) is 1. The summed E-state index contributed by atoms with van der Waals surface area (Å²) < 4.78 is 6.64. The fraction of sp³-hybridized carbons (Fsp3) is 0.167. The number of hydrogen-bond donors (Lipinski definition) is 0. The molecule has 1 aromatic heterocycles. The van der Waals surface area contributed by atoms with Crippen LogP contribution in [0.3, 0.4) is 0 Å². The molecule has 3 aromatic rings. The van der Waals surface area contributed by atoms with Gasteiger partial charge in [-0.2, -0.15) is 0 Å². The van der Waals surface area contributed by atoms with Gasteiger partial charge in [-0.05, 0) is 43.7 Å². The molecule has 0 aliphatic carbocycles. The largest absolute Gasteiger partial charge is 0.427 e. The lowest BCUT2D eigenvalue weighted by atomic mass is 10.2. The Balaban J connectivity index is 2.29. The Morgan fingerprint density at radius 3 is 2.57 bits per heavy atom. The van der Waals surface area contributed by atoms with Crippen molar-refractivity contribution < 1.29 is 9.53 Å². The number of carbonyl (C=O) groups excluding carboxylic acids is 1. The van der Waals surface area contributed by atoms with Crippen LogP contribution < -0.4 is 10.3 Å². The van der Waals surface area contributed by atoms with Crippen LogP contribution in [0.15, 0.2) is 47.3 Å². The highest BCUT2D eigenvalue weighted by molar-refractivity contribution is 5.81. The normalized spacial score (nSPS) is 10.7. The second-order valence-corrected chi connectivity index (χ2v) is 5.36. The van der Waals surface area contributed by atoms with Crippen molar-refractivity contribution in [3.8, 4) is 11.4 Å². The Kier molecular flexibility index (Phi) is 3.70. The van der Waals surface area contributed by atoms with Crippen molar-refractivity contribution in [3.63, 3.8) is 0 Å². The van der Waals surface area contributed by atoms with E-state index in [0.29, 0.717) is 22.5 Å². The molecule has 5 heteroatoms. The highest BCUT2D eigenvalue weighted by Gasteiger charge is 2.12. The fourth-order valence-electron chi connectivity index (χ4n) is 2.60. The van der Waals surface area contributed by atoms with Crippen molar-refractivity contribution >= 4 is 16.9 Å². The van der Waals surface area contributed by atoms with Gasteiger partial charge in [-0.3, -0.25) is 14.2 Å². The van der Waals surface area contributed by atoms with Crippen LogP contribution in [0, 0.1) is 13.8 Å². The van der Waals surface area contributed by atoms with Gasteiger partial charge in [0, 0.05) is 6.92 Å². The summed E-state index contributed by atoms with van der Waals surface area (Å²) in [6.07, 6.45) is 0. The number of hydrogen-bond acceptors (Lipinski definition) is 4. The molecule has 0 unspecified atom stereocenters. The maximum absolute atomic E-state index is 12.9. The number of esters is 1. The summed E-state index contributed by atoms with van der Waals surface area (Å²) in [5.74, 6) is 0.518. The topological polar surface area (TPSA) is 61.2 Å². The summed E-state index contributed by atoms with van der Waals surface area (Å²) in [7, 11) is 0. The summed E-state index contributed by atoms with van der Waals surface area (Å²) in [4.78, 5) is 28.5. The molecule has 0 amide bonds. The van der Waals surface area contributed by atoms with Crippen LogP contribution in [0.4, 0.5) is 0 Å². The summed E-state index contributed by atoms with van der Waals surface area (Å²) >= 11 is 0. The number of aromatic nitrogens is 2. The first-order chi connectivity index (χ1) is 11.0. The van der Waals surface area contributed by atoms with Crippen LogP contribution in [0.1, 0.15) is 18.3 Å². The lowest BCUT2D eigenvalue weighted by Crippen LogP contribution is -2.23. The zero-order valence-corrected chi connectivity index (χ0v) is 13.2. The Labute approximate surface area is 133 Å². The molecule has 0 aliphatic rings. The molecule has 0 saturated heterocycles. The van der Waals surface area contributed by atoms with Crippen LogP contribution in [0.5, 0.6) is 5.75 Å². The number of benzene rings is 2. The molecular weight excluding hydrogens is 292 g/mol. The Hall–Kier alpha value is -2.95. The predicted octanol–water partition coefficient (Wildman–Crippen LogP) is 2.93. The highest BCUT2D eigenvalue weighted by atomic mass is 16.5. The van der Waals surface area contributed by atoms with Gasteiger partial charge >= 0.3 is 5.97 Å². The molecule has 0 atom stereocenters. The third kappa shape index (κ3) is 2.73. The molecule has 0 saturated carbocycles. The first-order valence-electron chi connectivity index (χ1n) is 7.25. The highest BCUT2D eigenvalue weighted by Crippen LogP contribution is 2.20. The Morgan fingerprint density at radius 2 is 1.87 bits per heavy atom. The number of fused-ring (bicyclic) bond motifs is 1. The van der Waals surface area contributed by atoms with Crippen LogP contribution in [-0.4, -0.2) is 15.5 Å². The molecule has 0 bridgehead atoms. The molecular formula is C18H16N2O3. The number of rotatable bonds is 2. The van der Waals surface area contributed by atoms with Gasteiger partial charge in [0.2, 0.25) is 0 Å². The van der Waals surface area contributed by atoms with Gasteiger partial charge in [-0.15, -0.1) is 0 Å². The van der Waals surface area contributed by atoms with Crippen molar-refractivity contribution in [2.24, 2.45) is 0 Å². The van der Waals surface area contributed by atoms with Crippen molar-refractivity contribution in [1.29, 1.82) is 0 Å². The summed E-state index contributed by atoms with van der Waals surface area (Å²) in [5, 5.41) is 0.414. The first kappa shape index (κ1) is 15.0. The van der Waals surface area contributed by atoms with Crippen molar-refractivity contribution in [1.82, 2.24) is 9.55 Å². The number of para-hydroxylation sites is 1. The van der Waals surface area contributed by atoms with E-state index in [9.17, 15) is 9.59 Å². The van der Waals surface area contributed by atoms with Crippen molar-refractivity contribution in [2.75, 3.05) is 0 Å². The average Bonchev–Trinajstić information content (AvgIpc) is 2.49. The minimum absolute atomic E-state index is 0.184.